The van der Waals surface area contributed by atoms with E-state index >= 15 is 0 Å². The van der Waals surface area contributed by atoms with Gasteiger partial charge in [0.1, 0.15) is 6.33 Å². The van der Waals surface area contributed by atoms with Gasteiger partial charge in [0.05, 0.1) is 21.9 Å². The summed E-state index contributed by atoms with van der Waals surface area (Å²) >= 11 is 3.29. The number of nitrogens with zero attached hydrogens (tertiary/aromatic N) is 2. The van der Waals surface area contributed by atoms with E-state index in [4.69, 9.17) is 5.11 Å². The molecule has 1 N–H and O–H groups in total. The Kier molecular flexibility index (Phi) is 1.81. The molecular formula is C8H5BrN2O2. The van der Waals surface area contributed by atoms with Crippen LogP contribution in [0.15, 0.2) is 29.3 Å². The first-order chi connectivity index (χ1) is 6.20. The second kappa shape index (κ2) is 2.85. The molecule has 0 bridgehead atoms. The largest absolute Gasteiger partial charge is 0.478 e. The highest BCUT2D eigenvalue weighted by Crippen LogP contribution is 2.17. The first kappa shape index (κ1) is 8.25. The number of aromatic carboxylic acids is 1. The first-order valence-corrected chi connectivity index (χ1v) is 4.33. The van der Waals surface area contributed by atoms with Crippen LogP contribution in [-0.2, 0) is 0 Å². The third-order valence-corrected chi connectivity index (χ3v) is 2.41. The zero-order valence-electron chi connectivity index (χ0n) is 6.44. The molecular weight excluding hydrogens is 236 g/mol. The summed E-state index contributed by atoms with van der Waals surface area (Å²) in [5, 5.41) is 8.84. The lowest BCUT2D eigenvalue weighted by Gasteiger charge is -2.00. The number of imidazole rings is 1. The zero-order valence-corrected chi connectivity index (χ0v) is 8.02. The van der Waals surface area contributed by atoms with E-state index in [0.29, 0.717) is 5.52 Å². The topological polar surface area (TPSA) is 54.6 Å². The Bertz CT molecular complexity index is 478. The van der Waals surface area contributed by atoms with E-state index in [0.717, 1.165) is 4.60 Å². The van der Waals surface area contributed by atoms with Gasteiger partial charge in [0.25, 0.3) is 0 Å². The Morgan fingerprint density at radius 2 is 2.31 bits per heavy atom. The molecule has 0 amide bonds. The normalized spacial score (nSPS) is 10.5. The van der Waals surface area contributed by atoms with Crippen LogP contribution in [0.2, 0.25) is 0 Å². The number of halogens is 1. The van der Waals surface area contributed by atoms with Crippen LogP contribution in [0.1, 0.15) is 10.4 Å². The zero-order chi connectivity index (χ0) is 9.42. The lowest BCUT2D eigenvalue weighted by molar-refractivity contribution is 0.0698. The summed E-state index contributed by atoms with van der Waals surface area (Å²) in [5.41, 5.74) is 0.836. The van der Waals surface area contributed by atoms with Crippen molar-refractivity contribution in [3.05, 3.63) is 34.8 Å². The molecule has 0 spiro atoms. The van der Waals surface area contributed by atoms with Crippen molar-refractivity contribution in [3.8, 4) is 0 Å². The molecule has 0 aliphatic carbocycles. The molecule has 0 aliphatic heterocycles. The fraction of sp³-hybridized carbons (Fsp3) is 0. The molecule has 0 saturated heterocycles. The van der Waals surface area contributed by atoms with Gasteiger partial charge < -0.3 is 5.11 Å². The fourth-order valence-corrected chi connectivity index (χ4v) is 1.58. The minimum absolute atomic E-state index is 0.251. The van der Waals surface area contributed by atoms with Crippen LogP contribution >= 0.6 is 15.9 Å². The maximum absolute atomic E-state index is 10.8. The average Bonchev–Trinajstić information content (AvgIpc) is 2.53. The van der Waals surface area contributed by atoms with Crippen LogP contribution in [0.3, 0.4) is 0 Å². The van der Waals surface area contributed by atoms with Gasteiger partial charge in [-0.25, -0.2) is 9.78 Å². The third-order valence-electron chi connectivity index (χ3n) is 1.76. The van der Waals surface area contributed by atoms with Gasteiger partial charge in [-0.05, 0) is 28.1 Å². The third kappa shape index (κ3) is 1.21. The van der Waals surface area contributed by atoms with E-state index in [1.807, 2.05) is 0 Å². The lowest BCUT2D eigenvalue weighted by Crippen LogP contribution is -1.99. The Morgan fingerprint density at radius 1 is 1.54 bits per heavy atom. The van der Waals surface area contributed by atoms with Gasteiger partial charge in [-0.2, -0.15) is 0 Å². The number of carbonyl (C=O) groups is 1. The Labute approximate surface area is 82.0 Å². The predicted octanol–water partition coefficient (Wildman–Crippen LogP) is 1.80. The van der Waals surface area contributed by atoms with Crippen LogP contribution in [-0.4, -0.2) is 20.5 Å². The number of hydrogen-bond acceptors (Lipinski definition) is 2. The van der Waals surface area contributed by atoms with Gasteiger partial charge in [-0.1, -0.05) is 0 Å². The molecule has 2 aromatic rings. The van der Waals surface area contributed by atoms with Gasteiger partial charge >= 0.3 is 5.97 Å². The van der Waals surface area contributed by atoms with E-state index in [1.165, 1.54) is 6.20 Å². The summed E-state index contributed by atoms with van der Waals surface area (Å²) in [5.74, 6) is -0.946. The van der Waals surface area contributed by atoms with Crippen LogP contribution in [0.4, 0.5) is 0 Å². The number of hydrogen-bond donors (Lipinski definition) is 1. The van der Waals surface area contributed by atoms with Crippen molar-refractivity contribution in [2.45, 2.75) is 0 Å². The smallest absolute Gasteiger partial charge is 0.337 e. The molecule has 66 valence electrons. The molecule has 13 heavy (non-hydrogen) atoms. The van der Waals surface area contributed by atoms with E-state index < -0.39 is 5.97 Å². The molecule has 2 heterocycles. The number of rotatable bonds is 1. The highest BCUT2D eigenvalue weighted by molar-refractivity contribution is 9.10. The second-order valence-electron chi connectivity index (χ2n) is 2.52. The van der Waals surface area contributed by atoms with Gasteiger partial charge in [-0.15, -0.1) is 0 Å². The summed E-state index contributed by atoms with van der Waals surface area (Å²) in [7, 11) is 0. The summed E-state index contributed by atoms with van der Waals surface area (Å²) in [4.78, 5) is 14.6. The molecule has 0 radical (unpaired) electrons. The molecule has 2 rings (SSSR count). The van der Waals surface area contributed by atoms with Gasteiger partial charge in [0.2, 0.25) is 0 Å². The fourth-order valence-electron chi connectivity index (χ4n) is 1.16. The molecule has 0 atom stereocenters. The predicted molar refractivity (Wildman–Crippen MR) is 49.9 cm³/mol. The Morgan fingerprint density at radius 3 is 3.00 bits per heavy atom. The van der Waals surface area contributed by atoms with Crippen molar-refractivity contribution < 1.29 is 9.90 Å². The van der Waals surface area contributed by atoms with Crippen molar-refractivity contribution in [2.75, 3.05) is 0 Å². The van der Waals surface area contributed by atoms with E-state index in [2.05, 4.69) is 20.9 Å². The van der Waals surface area contributed by atoms with Crippen LogP contribution in [0.25, 0.3) is 5.52 Å². The first-order valence-electron chi connectivity index (χ1n) is 3.54. The van der Waals surface area contributed by atoms with E-state index in [9.17, 15) is 4.79 Å². The molecule has 2 aromatic heterocycles. The van der Waals surface area contributed by atoms with Crippen LogP contribution < -0.4 is 0 Å². The molecule has 4 nitrogen and oxygen atoms in total. The van der Waals surface area contributed by atoms with E-state index in [-0.39, 0.29) is 5.56 Å². The van der Waals surface area contributed by atoms with Crippen LogP contribution in [0.5, 0.6) is 0 Å². The quantitative estimate of drug-likeness (QED) is 0.774. The van der Waals surface area contributed by atoms with Gasteiger partial charge in [-0.3, -0.25) is 4.40 Å². The minimum atomic E-state index is -0.946. The summed E-state index contributed by atoms with van der Waals surface area (Å²) in [6.45, 7) is 0. The van der Waals surface area contributed by atoms with Crippen molar-refractivity contribution in [2.24, 2.45) is 0 Å². The maximum Gasteiger partial charge on any atom is 0.337 e. The highest BCUT2D eigenvalue weighted by Gasteiger charge is 2.09. The summed E-state index contributed by atoms with van der Waals surface area (Å²) < 4.78 is 2.45. The molecule has 5 heteroatoms. The van der Waals surface area contributed by atoms with Gasteiger partial charge in [0, 0.05) is 0 Å². The molecule has 0 aliphatic rings. The van der Waals surface area contributed by atoms with Crippen molar-refractivity contribution in [1.29, 1.82) is 0 Å². The lowest BCUT2D eigenvalue weighted by atomic mass is 10.2. The number of carboxylic acids is 1. The summed E-state index contributed by atoms with van der Waals surface area (Å²) in [6.07, 6.45) is 3.08. The molecule has 0 saturated carbocycles. The Balaban J connectivity index is 2.86. The maximum atomic E-state index is 10.8. The SMILES string of the molecule is O=C(O)c1ccc(Br)n2cncc12. The molecule has 0 unspecified atom stereocenters. The van der Waals surface area contributed by atoms with Crippen molar-refractivity contribution in [1.82, 2.24) is 9.38 Å². The van der Waals surface area contributed by atoms with E-state index in [1.54, 1.807) is 22.9 Å². The number of carboxylic acid groups (broad SMARTS) is 1. The second-order valence-corrected chi connectivity index (χ2v) is 3.34. The van der Waals surface area contributed by atoms with Crippen molar-refractivity contribution in [3.63, 3.8) is 0 Å². The minimum Gasteiger partial charge on any atom is -0.478 e. The highest BCUT2D eigenvalue weighted by atomic mass is 79.9. The van der Waals surface area contributed by atoms with Crippen LogP contribution in [0, 0.1) is 0 Å². The average molecular weight is 241 g/mol. The van der Waals surface area contributed by atoms with Gasteiger partial charge in [0.15, 0.2) is 0 Å². The number of fused-ring (bicyclic) bond motifs is 1. The number of aromatic nitrogens is 2. The Hall–Kier alpha value is -1.36. The molecule has 0 fully saturated rings. The summed E-state index contributed by atoms with van der Waals surface area (Å²) in [6, 6.07) is 3.22. The molecule has 0 aromatic carbocycles. The monoisotopic (exact) mass is 240 g/mol. The van der Waals surface area contributed by atoms with Crippen molar-refractivity contribution >= 4 is 27.4 Å². The number of pyridine rings is 1. The standard InChI is InChI=1S/C8H5BrN2O2/c9-7-2-1-5(8(12)13)6-3-10-4-11(6)7/h1-4H,(H,12,13).